The zero-order valence-corrected chi connectivity index (χ0v) is 11.1. The monoisotopic (exact) mass is 251 g/mol. The molecule has 1 fully saturated rings. The van der Waals surface area contributed by atoms with Crippen molar-refractivity contribution in [2.75, 3.05) is 13.1 Å². The minimum Gasteiger partial charge on any atom is -0.299 e. The van der Waals surface area contributed by atoms with Gasteiger partial charge in [-0.2, -0.15) is 0 Å². The molecule has 0 aromatic heterocycles. The van der Waals surface area contributed by atoms with Crippen molar-refractivity contribution in [3.63, 3.8) is 0 Å². The molecule has 0 unspecified atom stereocenters. The Morgan fingerprint density at radius 1 is 1.29 bits per heavy atom. The molecular weight excluding hydrogens is 234 g/mol. The van der Waals surface area contributed by atoms with E-state index in [-0.39, 0.29) is 5.41 Å². The molecule has 0 radical (unpaired) electrons. The van der Waals surface area contributed by atoms with Crippen molar-refractivity contribution in [3.05, 3.63) is 34.9 Å². The number of carbonyl (C=O) groups is 1. The summed E-state index contributed by atoms with van der Waals surface area (Å²) in [6, 6.07) is 7.92. The molecule has 2 rings (SSSR count). The van der Waals surface area contributed by atoms with E-state index >= 15 is 0 Å². The number of Topliss-reactive ketones (excluding diaryl/α,β-unsaturated/α-hetero) is 1. The number of nitrogens with zero attached hydrogens (tertiary/aromatic N) is 1. The summed E-state index contributed by atoms with van der Waals surface area (Å²) < 4.78 is 0. The van der Waals surface area contributed by atoms with Crippen molar-refractivity contribution in [2.24, 2.45) is 5.41 Å². The van der Waals surface area contributed by atoms with E-state index in [1.165, 1.54) is 5.56 Å². The molecule has 0 saturated carbocycles. The van der Waals surface area contributed by atoms with Gasteiger partial charge in [0.15, 0.2) is 0 Å². The van der Waals surface area contributed by atoms with Gasteiger partial charge in [-0.1, -0.05) is 37.6 Å². The number of hydrogen-bond donors (Lipinski definition) is 0. The summed E-state index contributed by atoms with van der Waals surface area (Å²) >= 11 is 5.86. The minimum absolute atomic E-state index is 0.204. The average molecular weight is 252 g/mol. The highest BCUT2D eigenvalue weighted by molar-refractivity contribution is 6.30. The van der Waals surface area contributed by atoms with Crippen molar-refractivity contribution in [1.29, 1.82) is 0 Å². The number of piperidine rings is 1. The summed E-state index contributed by atoms with van der Waals surface area (Å²) in [5.41, 5.74) is 1.05. The first-order valence-electron chi connectivity index (χ1n) is 5.97. The lowest BCUT2D eigenvalue weighted by molar-refractivity contribution is -0.131. The molecule has 1 aromatic carbocycles. The predicted molar refractivity (Wildman–Crippen MR) is 70.1 cm³/mol. The lowest BCUT2D eigenvalue weighted by atomic mass is 9.82. The Kier molecular flexibility index (Phi) is 3.55. The van der Waals surface area contributed by atoms with Crippen molar-refractivity contribution in [2.45, 2.75) is 26.8 Å². The Bertz CT molecular complexity index is 411. The third-order valence-corrected chi connectivity index (χ3v) is 3.60. The Labute approximate surface area is 108 Å². The molecule has 0 amide bonds. The summed E-state index contributed by atoms with van der Waals surface area (Å²) in [5, 5.41) is 0.767. The van der Waals surface area contributed by atoms with Crippen LogP contribution in [0.4, 0.5) is 0 Å². The summed E-state index contributed by atoms with van der Waals surface area (Å²) in [6.07, 6.45) is 0.667. The standard InChI is InChI=1S/C14H18ClNO/c1-14(2)10-16(8-7-13(14)17)9-11-3-5-12(15)6-4-11/h3-6H,7-10H2,1-2H3. The van der Waals surface area contributed by atoms with Crippen LogP contribution in [0.5, 0.6) is 0 Å². The van der Waals surface area contributed by atoms with Crippen LogP contribution in [0.3, 0.4) is 0 Å². The summed E-state index contributed by atoms with van der Waals surface area (Å²) in [4.78, 5) is 14.1. The first kappa shape index (κ1) is 12.6. The second kappa shape index (κ2) is 4.79. The molecule has 0 atom stereocenters. The third kappa shape index (κ3) is 3.08. The van der Waals surface area contributed by atoms with E-state index in [0.717, 1.165) is 24.7 Å². The first-order chi connectivity index (χ1) is 7.97. The highest BCUT2D eigenvalue weighted by Gasteiger charge is 2.33. The average Bonchev–Trinajstić information content (AvgIpc) is 2.26. The number of likely N-dealkylation sites (tertiary alicyclic amines) is 1. The quantitative estimate of drug-likeness (QED) is 0.805. The molecule has 1 saturated heterocycles. The van der Waals surface area contributed by atoms with Crippen LogP contribution in [-0.4, -0.2) is 23.8 Å². The fourth-order valence-corrected chi connectivity index (χ4v) is 2.43. The van der Waals surface area contributed by atoms with Gasteiger partial charge in [0.2, 0.25) is 0 Å². The summed E-state index contributed by atoms with van der Waals surface area (Å²) in [6.45, 7) is 6.67. The number of rotatable bonds is 2. The maximum atomic E-state index is 11.7. The van der Waals surface area contributed by atoms with Crippen LogP contribution in [0.15, 0.2) is 24.3 Å². The van der Waals surface area contributed by atoms with Crippen LogP contribution in [0.1, 0.15) is 25.8 Å². The van der Waals surface area contributed by atoms with Gasteiger partial charge in [0.05, 0.1) is 0 Å². The molecule has 0 aliphatic carbocycles. The molecule has 92 valence electrons. The molecule has 1 aliphatic heterocycles. The minimum atomic E-state index is -0.204. The molecule has 0 N–H and O–H groups in total. The molecule has 0 spiro atoms. The van der Waals surface area contributed by atoms with Gasteiger partial charge in [-0.3, -0.25) is 9.69 Å². The largest absolute Gasteiger partial charge is 0.299 e. The van der Waals surface area contributed by atoms with Gasteiger partial charge in [0.25, 0.3) is 0 Å². The normalized spacial score (nSPS) is 20.5. The van der Waals surface area contributed by atoms with Crippen LogP contribution in [0.25, 0.3) is 0 Å². The number of carbonyl (C=O) groups excluding carboxylic acids is 1. The predicted octanol–water partition coefficient (Wildman–Crippen LogP) is 3.14. The van der Waals surface area contributed by atoms with Gasteiger partial charge in [-0.25, -0.2) is 0 Å². The van der Waals surface area contributed by atoms with E-state index in [1.54, 1.807) is 0 Å². The third-order valence-electron chi connectivity index (χ3n) is 3.35. The lowest BCUT2D eigenvalue weighted by Gasteiger charge is -2.36. The molecule has 1 aliphatic rings. The smallest absolute Gasteiger partial charge is 0.141 e. The SMILES string of the molecule is CC1(C)CN(Cc2ccc(Cl)cc2)CCC1=O. The first-order valence-corrected chi connectivity index (χ1v) is 6.35. The van der Waals surface area contributed by atoms with Crippen molar-refractivity contribution < 1.29 is 4.79 Å². The maximum Gasteiger partial charge on any atom is 0.141 e. The number of halogens is 1. The van der Waals surface area contributed by atoms with Crippen molar-refractivity contribution in [1.82, 2.24) is 4.90 Å². The van der Waals surface area contributed by atoms with E-state index in [1.807, 2.05) is 38.1 Å². The van der Waals surface area contributed by atoms with E-state index < -0.39 is 0 Å². The topological polar surface area (TPSA) is 20.3 Å². The summed E-state index contributed by atoms with van der Waals surface area (Å²) in [7, 11) is 0. The van der Waals surface area contributed by atoms with E-state index in [0.29, 0.717) is 12.2 Å². The highest BCUT2D eigenvalue weighted by atomic mass is 35.5. The fourth-order valence-electron chi connectivity index (χ4n) is 2.31. The fraction of sp³-hybridized carbons (Fsp3) is 0.500. The Morgan fingerprint density at radius 2 is 1.94 bits per heavy atom. The number of hydrogen-bond acceptors (Lipinski definition) is 2. The van der Waals surface area contributed by atoms with Crippen molar-refractivity contribution in [3.8, 4) is 0 Å². The second-order valence-electron chi connectivity index (χ2n) is 5.39. The lowest BCUT2D eigenvalue weighted by Crippen LogP contribution is -2.45. The highest BCUT2D eigenvalue weighted by Crippen LogP contribution is 2.26. The van der Waals surface area contributed by atoms with Gasteiger partial charge < -0.3 is 0 Å². The zero-order valence-electron chi connectivity index (χ0n) is 10.4. The molecule has 1 heterocycles. The van der Waals surface area contributed by atoms with Gasteiger partial charge in [0, 0.05) is 36.5 Å². The van der Waals surface area contributed by atoms with Crippen LogP contribution < -0.4 is 0 Å². The van der Waals surface area contributed by atoms with Gasteiger partial charge in [0.1, 0.15) is 5.78 Å². The summed E-state index contributed by atoms with van der Waals surface area (Å²) in [5.74, 6) is 0.379. The molecule has 17 heavy (non-hydrogen) atoms. The van der Waals surface area contributed by atoms with E-state index in [4.69, 9.17) is 11.6 Å². The van der Waals surface area contributed by atoms with E-state index in [2.05, 4.69) is 4.90 Å². The number of ketones is 1. The van der Waals surface area contributed by atoms with Crippen LogP contribution in [0, 0.1) is 5.41 Å². The molecule has 3 heteroatoms. The van der Waals surface area contributed by atoms with Crippen LogP contribution >= 0.6 is 11.6 Å². The van der Waals surface area contributed by atoms with Crippen molar-refractivity contribution >= 4 is 17.4 Å². The Morgan fingerprint density at radius 3 is 2.53 bits per heavy atom. The molecule has 0 bridgehead atoms. The molecule has 1 aromatic rings. The number of benzene rings is 1. The van der Waals surface area contributed by atoms with E-state index in [9.17, 15) is 4.79 Å². The second-order valence-corrected chi connectivity index (χ2v) is 5.83. The van der Waals surface area contributed by atoms with Crippen LogP contribution in [-0.2, 0) is 11.3 Å². The van der Waals surface area contributed by atoms with Gasteiger partial charge in [-0.15, -0.1) is 0 Å². The zero-order chi connectivity index (χ0) is 12.5. The Balaban J connectivity index is 2.01. The molecule has 2 nitrogen and oxygen atoms in total. The molecular formula is C14H18ClNO. The van der Waals surface area contributed by atoms with Crippen LogP contribution in [0.2, 0.25) is 5.02 Å². The van der Waals surface area contributed by atoms with Gasteiger partial charge >= 0.3 is 0 Å². The Hall–Kier alpha value is -0.860. The maximum absolute atomic E-state index is 11.7. The van der Waals surface area contributed by atoms with Gasteiger partial charge in [-0.05, 0) is 17.7 Å².